The van der Waals surface area contributed by atoms with Gasteiger partial charge in [0.15, 0.2) is 5.65 Å². The van der Waals surface area contributed by atoms with Gasteiger partial charge >= 0.3 is 18.2 Å². The Balaban J connectivity index is 0.000000420. The number of aromatic nitrogens is 4. The third kappa shape index (κ3) is 7.54. The van der Waals surface area contributed by atoms with Crippen molar-refractivity contribution in [1.29, 1.82) is 0 Å². The molecular weight excluding hydrogens is 565 g/mol. The Labute approximate surface area is 238 Å². The smallest absolute Gasteiger partial charge is 0.483 e. The van der Waals surface area contributed by atoms with Crippen molar-refractivity contribution in [3.63, 3.8) is 0 Å². The highest BCUT2D eigenvalue weighted by Gasteiger charge is 2.38. The maximum atomic E-state index is 13.2. The minimum absolute atomic E-state index is 0.250. The highest BCUT2D eigenvalue weighted by molar-refractivity contribution is 6.04. The number of nitrogens with zero attached hydrogens (tertiary/aromatic N) is 6. The van der Waals surface area contributed by atoms with Gasteiger partial charge in [-0.3, -0.25) is 14.4 Å². The molecule has 14 nitrogen and oxygen atoms in total. The van der Waals surface area contributed by atoms with Crippen LogP contribution in [0.1, 0.15) is 19.4 Å². The molecule has 0 aliphatic carbocycles. The first-order chi connectivity index (χ1) is 19.8. The SMILES string of the molecule is COc1nc2nn(C)cc2cc1NC(=O)N1CCc2c(N3C[C@@H](C)N[C@@H](C)C3)ccnc21.O=C(O)C(F)(F)F.O=CO. The summed E-state index contributed by atoms with van der Waals surface area (Å²) in [6, 6.07) is 4.46. The van der Waals surface area contributed by atoms with E-state index < -0.39 is 12.1 Å². The summed E-state index contributed by atoms with van der Waals surface area (Å²) in [6.45, 7) is 6.59. The van der Waals surface area contributed by atoms with Gasteiger partial charge in [0.2, 0.25) is 5.88 Å². The number of halogens is 3. The number of nitrogens with one attached hydrogen (secondary N) is 2. The monoisotopic (exact) mass is 596 g/mol. The van der Waals surface area contributed by atoms with E-state index in [0.29, 0.717) is 41.7 Å². The summed E-state index contributed by atoms with van der Waals surface area (Å²) >= 11 is 0. The van der Waals surface area contributed by atoms with Crippen molar-refractivity contribution in [1.82, 2.24) is 25.1 Å². The van der Waals surface area contributed by atoms with Crippen LogP contribution in [0.25, 0.3) is 11.0 Å². The van der Waals surface area contributed by atoms with E-state index in [0.717, 1.165) is 30.5 Å². The van der Waals surface area contributed by atoms with Gasteiger partial charge in [-0.15, -0.1) is 0 Å². The molecule has 1 saturated heterocycles. The highest BCUT2D eigenvalue weighted by atomic mass is 19.4. The van der Waals surface area contributed by atoms with E-state index >= 15 is 0 Å². The molecule has 2 aliphatic rings. The second-order valence-electron chi connectivity index (χ2n) is 9.51. The summed E-state index contributed by atoms with van der Waals surface area (Å²) in [5.74, 6) is -1.71. The number of carboxylic acids is 1. The van der Waals surface area contributed by atoms with Gasteiger partial charge < -0.3 is 30.5 Å². The number of carbonyl (C=O) groups is 3. The van der Waals surface area contributed by atoms with Gasteiger partial charge in [-0.2, -0.15) is 23.3 Å². The summed E-state index contributed by atoms with van der Waals surface area (Å²) in [7, 11) is 3.36. The molecule has 2 amide bonds. The van der Waals surface area contributed by atoms with E-state index in [1.807, 2.05) is 19.3 Å². The van der Waals surface area contributed by atoms with Crippen molar-refractivity contribution in [2.75, 3.05) is 41.9 Å². The third-order valence-corrected chi connectivity index (χ3v) is 6.24. The van der Waals surface area contributed by atoms with Gasteiger partial charge in [-0.25, -0.2) is 14.6 Å². The predicted octanol–water partition coefficient (Wildman–Crippen LogP) is 2.49. The van der Waals surface area contributed by atoms with E-state index in [2.05, 4.69) is 50.5 Å². The lowest BCUT2D eigenvalue weighted by Gasteiger charge is -2.38. The number of piperazine rings is 1. The van der Waals surface area contributed by atoms with Crippen LogP contribution in [0.15, 0.2) is 24.5 Å². The highest BCUT2D eigenvalue weighted by Crippen LogP contribution is 2.35. The Morgan fingerprint density at radius 1 is 1.24 bits per heavy atom. The first kappa shape index (κ1) is 31.9. The van der Waals surface area contributed by atoms with Gasteiger partial charge in [0.25, 0.3) is 6.47 Å². The lowest BCUT2D eigenvalue weighted by molar-refractivity contribution is -0.192. The zero-order valence-corrected chi connectivity index (χ0v) is 23.2. The number of aryl methyl sites for hydroxylation is 1. The molecule has 4 N–H and O–H groups in total. The van der Waals surface area contributed by atoms with Crippen LogP contribution in [0.2, 0.25) is 0 Å². The van der Waals surface area contributed by atoms with E-state index in [1.54, 1.807) is 15.8 Å². The second-order valence-corrected chi connectivity index (χ2v) is 9.51. The summed E-state index contributed by atoms with van der Waals surface area (Å²) in [5, 5.41) is 25.7. The molecule has 0 radical (unpaired) electrons. The second kappa shape index (κ2) is 13.3. The third-order valence-electron chi connectivity index (χ3n) is 6.24. The van der Waals surface area contributed by atoms with Crippen molar-refractivity contribution < 1.29 is 42.5 Å². The van der Waals surface area contributed by atoms with Crippen molar-refractivity contribution in [2.24, 2.45) is 7.05 Å². The topological polar surface area (TPSA) is 175 Å². The molecule has 0 spiro atoms. The van der Waals surface area contributed by atoms with Gasteiger partial charge in [0.1, 0.15) is 11.5 Å². The van der Waals surface area contributed by atoms with Gasteiger partial charge in [-0.05, 0) is 32.4 Å². The van der Waals surface area contributed by atoms with Crippen LogP contribution in [-0.2, 0) is 23.1 Å². The molecule has 0 aromatic carbocycles. The fourth-order valence-corrected chi connectivity index (χ4v) is 4.78. The molecule has 5 heterocycles. The summed E-state index contributed by atoms with van der Waals surface area (Å²) < 4.78 is 38.8. The number of alkyl halides is 3. The van der Waals surface area contributed by atoms with Crippen molar-refractivity contribution in [3.05, 3.63) is 30.1 Å². The van der Waals surface area contributed by atoms with Crippen LogP contribution in [0.3, 0.4) is 0 Å². The van der Waals surface area contributed by atoms with Crippen LogP contribution >= 0.6 is 0 Å². The molecular formula is C25H31F3N8O6. The standard InChI is InChI=1S/C22H28N8O2.C2HF3O2.CH2O2/c1-13-10-29(11-14(2)24-13)18-5-7-23-20-16(18)6-8-30(20)22(31)25-17-9-15-12-28(3)27-19(15)26-21(17)32-4;3-2(4,5)1(6)7;2-1-3/h5,7,9,12-14,24H,6,8,10-11H2,1-4H3,(H,25,31);(H,6,7);1H,(H,2,3)/t13-,14+;;. The molecule has 17 heteroatoms. The number of fused-ring (bicyclic) bond motifs is 2. The number of amides is 2. The molecule has 228 valence electrons. The molecule has 0 bridgehead atoms. The first-order valence-corrected chi connectivity index (χ1v) is 12.6. The van der Waals surface area contributed by atoms with Crippen molar-refractivity contribution >= 4 is 46.7 Å². The molecule has 0 saturated carbocycles. The number of methoxy groups -OCH3 is 1. The largest absolute Gasteiger partial charge is 0.490 e. The lowest BCUT2D eigenvalue weighted by Crippen LogP contribution is -2.54. The van der Waals surface area contributed by atoms with E-state index in [1.165, 1.54) is 12.8 Å². The summed E-state index contributed by atoms with van der Waals surface area (Å²) in [5.41, 5.74) is 3.37. The number of hydrogen-bond acceptors (Lipinski definition) is 9. The Morgan fingerprint density at radius 3 is 2.43 bits per heavy atom. The molecule has 0 unspecified atom stereocenters. The Kier molecular flexibility index (Phi) is 10.1. The lowest BCUT2D eigenvalue weighted by atomic mass is 10.1. The van der Waals surface area contributed by atoms with Gasteiger partial charge in [-0.1, -0.05) is 0 Å². The van der Waals surface area contributed by atoms with Crippen molar-refractivity contribution in [3.8, 4) is 5.88 Å². The van der Waals surface area contributed by atoms with Crippen LogP contribution in [-0.4, -0.2) is 93.4 Å². The van der Waals surface area contributed by atoms with Gasteiger partial charge in [0, 0.05) is 67.8 Å². The number of ether oxygens (including phenoxy) is 1. The fraction of sp³-hybridized carbons (Fsp3) is 0.440. The van der Waals surface area contributed by atoms with E-state index in [4.69, 9.17) is 24.5 Å². The number of anilines is 3. The van der Waals surface area contributed by atoms with E-state index in [9.17, 15) is 18.0 Å². The average Bonchev–Trinajstić information content (AvgIpc) is 3.50. The number of carboxylic acid groups (broad SMARTS) is 2. The quantitative estimate of drug-likeness (QED) is 0.327. The molecule has 3 aromatic heterocycles. The maximum Gasteiger partial charge on any atom is 0.490 e. The number of aliphatic carboxylic acids is 1. The Hall–Kier alpha value is -4.67. The van der Waals surface area contributed by atoms with Crippen LogP contribution < -0.4 is 25.2 Å². The Bertz CT molecular complexity index is 1420. The van der Waals surface area contributed by atoms with Gasteiger partial charge in [0.05, 0.1) is 7.11 Å². The van der Waals surface area contributed by atoms with E-state index in [-0.39, 0.29) is 12.5 Å². The number of urea groups is 1. The minimum Gasteiger partial charge on any atom is -0.483 e. The normalized spacial score (nSPS) is 17.8. The Morgan fingerprint density at radius 2 is 1.86 bits per heavy atom. The number of carbonyl (C=O) groups excluding carboxylic acids is 1. The predicted molar refractivity (Wildman–Crippen MR) is 146 cm³/mol. The zero-order chi connectivity index (χ0) is 31.2. The molecule has 3 aromatic rings. The van der Waals surface area contributed by atoms with Crippen LogP contribution in [0.5, 0.6) is 5.88 Å². The van der Waals surface area contributed by atoms with Crippen LogP contribution in [0.4, 0.5) is 35.2 Å². The molecule has 42 heavy (non-hydrogen) atoms. The first-order valence-electron chi connectivity index (χ1n) is 12.6. The minimum atomic E-state index is -5.08. The average molecular weight is 597 g/mol. The van der Waals surface area contributed by atoms with Crippen molar-refractivity contribution in [2.45, 2.75) is 38.5 Å². The summed E-state index contributed by atoms with van der Waals surface area (Å²) in [4.78, 5) is 43.5. The summed E-state index contributed by atoms with van der Waals surface area (Å²) in [6.07, 6.45) is -0.664. The maximum absolute atomic E-state index is 13.2. The number of rotatable bonds is 3. The molecule has 2 aliphatic heterocycles. The molecule has 2 atom stereocenters. The van der Waals surface area contributed by atoms with Crippen LogP contribution in [0, 0.1) is 0 Å². The number of hydrogen-bond donors (Lipinski definition) is 4. The molecule has 1 fully saturated rings. The fourth-order valence-electron chi connectivity index (χ4n) is 4.78. The zero-order valence-electron chi connectivity index (χ0n) is 23.2. The molecule has 5 rings (SSSR count). The number of pyridine rings is 2.